The second kappa shape index (κ2) is 4.52. The second-order valence-corrected chi connectivity index (χ2v) is 5.76. The Morgan fingerprint density at radius 2 is 2.13 bits per heavy atom. The molecule has 1 fully saturated rings. The largest absolute Gasteiger partial charge is 0.359 e. The Balaban J connectivity index is 1.90. The van der Waals surface area contributed by atoms with Gasteiger partial charge < -0.3 is 5.32 Å². The molecule has 2 nitrogen and oxygen atoms in total. The van der Waals surface area contributed by atoms with Crippen LogP contribution < -0.4 is 5.32 Å². The second-order valence-electron chi connectivity index (χ2n) is 4.90. The lowest BCUT2D eigenvalue weighted by atomic mass is 9.79. The maximum Gasteiger partial charge on any atom is 0.183 e. The van der Waals surface area contributed by atoms with Crippen LogP contribution >= 0.6 is 11.3 Å². The van der Waals surface area contributed by atoms with E-state index in [-0.39, 0.29) is 0 Å². The lowest BCUT2D eigenvalue weighted by Crippen LogP contribution is -2.30. The van der Waals surface area contributed by atoms with Crippen molar-refractivity contribution in [1.82, 2.24) is 4.98 Å². The van der Waals surface area contributed by atoms with Crippen LogP contribution in [0.4, 0.5) is 5.13 Å². The molecule has 0 amide bonds. The molecule has 0 aliphatic heterocycles. The van der Waals surface area contributed by atoms with Crippen LogP contribution in [0.1, 0.15) is 38.8 Å². The number of aromatic nitrogens is 1. The normalized spacial score (nSPS) is 31.5. The molecule has 2 rings (SSSR count). The number of hydrogen-bond acceptors (Lipinski definition) is 3. The van der Waals surface area contributed by atoms with Crippen LogP contribution in [0.25, 0.3) is 0 Å². The summed E-state index contributed by atoms with van der Waals surface area (Å²) in [5.41, 5.74) is 1.12. The minimum absolute atomic E-state index is 0.641. The van der Waals surface area contributed by atoms with Crippen molar-refractivity contribution in [1.29, 1.82) is 0 Å². The van der Waals surface area contributed by atoms with Crippen LogP contribution in [-0.4, -0.2) is 11.0 Å². The Labute approximate surface area is 96.1 Å². The molecule has 3 atom stereocenters. The fraction of sp³-hybridized carbons (Fsp3) is 0.750. The van der Waals surface area contributed by atoms with Crippen molar-refractivity contribution in [3.63, 3.8) is 0 Å². The molecule has 0 aromatic carbocycles. The van der Waals surface area contributed by atoms with Crippen LogP contribution in [0.15, 0.2) is 5.38 Å². The lowest BCUT2D eigenvalue weighted by Gasteiger charge is -2.32. The number of anilines is 1. The summed E-state index contributed by atoms with van der Waals surface area (Å²) in [6.07, 6.45) is 3.94. The molecule has 3 heteroatoms. The highest BCUT2D eigenvalue weighted by Crippen LogP contribution is 2.31. The lowest BCUT2D eigenvalue weighted by molar-refractivity contribution is 0.261. The summed E-state index contributed by atoms with van der Waals surface area (Å²) in [5.74, 6) is 1.73. The SMILES string of the molecule is Cc1csc(NC2CCC(C)C(C)C2)n1. The van der Waals surface area contributed by atoms with Crippen molar-refractivity contribution >= 4 is 16.5 Å². The van der Waals surface area contributed by atoms with Crippen molar-refractivity contribution < 1.29 is 0 Å². The van der Waals surface area contributed by atoms with E-state index >= 15 is 0 Å². The third-order valence-corrected chi connectivity index (χ3v) is 4.44. The van der Waals surface area contributed by atoms with Gasteiger partial charge in [0.05, 0.1) is 5.69 Å². The standard InChI is InChI=1S/C12H20N2S/c1-8-4-5-11(6-9(8)2)14-12-13-10(3)7-15-12/h7-9,11H,4-6H2,1-3H3,(H,13,14). The quantitative estimate of drug-likeness (QED) is 0.828. The van der Waals surface area contributed by atoms with Gasteiger partial charge in [-0.2, -0.15) is 0 Å². The van der Waals surface area contributed by atoms with Crippen molar-refractivity contribution in [2.45, 2.75) is 46.1 Å². The van der Waals surface area contributed by atoms with E-state index in [4.69, 9.17) is 0 Å². The van der Waals surface area contributed by atoms with Gasteiger partial charge in [-0.15, -0.1) is 11.3 Å². The molecule has 15 heavy (non-hydrogen) atoms. The predicted molar refractivity (Wildman–Crippen MR) is 66.4 cm³/mol. The number of thiazole rings is 1. The number of nitrogens with zero attached hydrogens (tertiary/aromatic N) is 1. The van der Waals surface area contributed by atoms with Gasteiger partial charge in [0.1, 0.15) is 0 Å². The molecule has 1 saturated carbocycles. The Morgan fingerprint density at radius 3 is 2.73 bits per heavy atom. The maximum absolute atomic E-state index is 4.46. The predicted octanol–water partition coefficient (Wildman–Crippen LogP) is 3.69. The number of hydrogen-bond donors (Lipinski definition) is 1. The van der Waals surface area contributed by atoms with Crippen molar-refractivity contribution in [2.24, 2.45) is 11.8 Å². The van der Waals surface area contributed by atoms with Crippen molar-refractivity contribution in [3.05, 3.63) is 11.1 Å². The summed E-state index contributed by atoms with van der Waals surface area (Å²) in [6, 6.07) is 0.641. The topological polar surface area (TPSA) is 24.9 Å². The van der Waals surface area contributed by atoms with Crippen molar-refractivity contribution in [2.75, 3.05) is 5.32 Å². The van der Waals surface area contributed by atoms with Gasteiger partial charge in [0, 0.05) is 11.4 Å². The molecule has 1 aliphatic rings. The zero-order valence-corrected chi connectivity index (χ0v) is 10.6. The summed E-state index contributed by atoms with van der Waals surface area (Å²) in [5, 5.41) is 6.76. The molecule has 3 unspecified atom stereocenters. The number of aryl methyl sites for hydroxylation is 1. The van der Waals surface area contributed by atoms with Gasteiger partial charge >= 0.3 is 0 Å². The van der Waals surface area contributed by atoms with Crippen LogP contribution in [0.2, 0.25) is 0 Å². The van der Waals surface area contributed by atoms with Gasteiger partial charge in [0.25, 0.3) is 0 Å². The smallest absolute Gasteiger partial charge is 0.183 e. The van der Waals surface area contributed by atoms with E-state index in [1.54, 1.807) is 11.3 Å². The highest BCUT2D eigenvalue weighted by atomic mass is 32.1. The van der Waals surface area contributed by atoms with Gasteiger partial charge in [-0.1, -0.05) is 13.8 Å². The Morgan fingerprint density at radius 1 is 1.33 bits per heavy atom. The third-order valence-electron chi connectivity index (χ3n) is 3.54. The first kappa shape index (κ1) is 10.9. The summed E-state index contributed by atoms with van der Waals surface area (Å²) in [4.78, 5) is 4.46. The maximum atomic E-state index is 4.46. The van der Waals surface area contributed by atoms with E-state index in [1.165, 1.54) is 19.3 Å². The zero-order valence-electron chi connectivity index (χ0n) is 9.79. The van der Waals surface area contributed by atoms with E-state index in [0.717, 1.165) is 22.7 Å². The Kier molecular flexibility index (Phi) is 3.29. The van der Waals surface area contributed by atoms with Gasteiger partial charge in [0.2, 0.25) is 0 Å². The van der Waals surface area contributed by atoms with Crippen molar-refractivity contribution in [3.8, 4) is 0 Å². The van der Waals surface area contributed by atoms with Crippen LogP contribution in [0.3, 0.4) is 0 Å². The first-order valence-corrected chi connectivity index (χ1v) is 6.72. The molecule has 0 radical (unpaired) electrons. The molecule has 0 spiro atoms. The van der Waals surface area contributed by atoms with Gasteiger partial charge in [-0.05, 0) is 38.0 Å². The van der Waals surface area contributed by atoms with E-state index < -0.39 is 0 Å². The third kappa shape index (κ3) is 2.71. The van der Waals surface area contributed by atoms with E-state index in [2.05, 4.69) is 29.5 Å². The molecule has 84 valence electrons. The molecule has 1 aliphatic carbocycles. The van der Waals surface area contributed by atoms with Gasteiger partial charge in [0.15, 0.2) is 5.13 Å². The molecule has 1 N–H and O–H groups in total. The van der Waals surface area contributed by atoms with Gasteiger partial charge in [-0.3, -0.25) is 0 Å². The number of rotatable bonds is 2. The zero-order chi connectivity index (χ0) is 10.8. The highest BCUT2D eigenvalue weighted by molar-refractivity contribution is 7.13. The summed E-state index contributed by atoms with van der Waals surface area (Å²) < 4.78 is 0. The summed E-state index contributed by atoms with van der Waals surface area (Å²) in [7, 11) is 0. The molecule has 1 aromatic heterocycles. The number of nitrogens with one attached hydrogen (secondary N) is 1. The fourth-order valence-corrected chi connectivity index (χ4v) is 3.04. The van der Waals surface area contributed by atoms with E-state index in [1.807, 2.05) is 6.92 Å². The average Bonchev–Trinajstić information content (AvgIpc) is 2.58. The molecule has 0 saturated heterocycles. The molecule has 1 aromatic rings. The summed E-state index contributed by atoms with van der Waals surface area (Å²) in [6.45, 7) is 6.79. The monoisotopic (exact) mass is 224 g/mol. The molecular weight excluding hydrogens is 204 g/mol. The first-order valence-electron chi connectivity index (χ1n) is 5.84. The van der Waals surface area contributed by atoms with Crippen LogP contribution in [0, 0.1) is 18.8 Å². The first-order chi connectivity index (χ1) is 7.15. The van der Waals surface area contributed by atoms with E-state index in [9.17, 15) is 0 Å². The molecule has 0 bridgehead atoms. The molecular formula is C12H20N2S. The molecule has 1 heterocycles. The van der Waals surface area contributed by atoms with Crippen LogP contribution in [0.5, 0.6) is 0 Å². The highest BCUT2D eigenvalue weighted by Gasteiger charge is 2.24. The van der Waals surface area contributed by atoms with E-state index in [0.29, 0.717) is 6.04 Å². The fourth-order valence-electron chi connectivity index (χ4n) is 2.27. The Bertz CT molecular complexity index is 321. The Hall–Kier alpha value is -0.570. The summed E-state index contributed by atoms with van der Waals surface area (Å²) >= 11 is 1.72. The average molecular weight is 224 g/mol. The minimum Gasteiger partial charge on any atom is -0.359 e. The van der Waals surface area contributed by atoms with Gasteiger partial charge in [-0.25, -0.2) is 4.98 Å². The van der Waals surface area contributed by atoms with Crippen LogP contribution in [-0.2, 0) is 0 Å². The minimum atomic E-state index is 0.641.